The summed E-state index contributed by atoms with van der Waals surface area (Å²) in [4.78, 5) is 2.40. The molecule has 64 heavy (non-hydrogen) atoms. The maximum Gasteiger partial charge on any atom is 0.143 e. The molecular formula is C61H41NO2. The molecule has 11 aromatic rings. The fourth-order valence-electron chi connectivity index (χ4n) is 10.4. The molecule has 1 aromatic heterocycles. The average Bonchev–Trinajstić information content (AvgIpc) is 3.79. The molecule has 3 nitrogen and oxygen atoms in total. The van der Waals surface area contributed by atoms with E-state index in [1.807, 2.05) is 12.1 Å². The van der Waals surface area contributed by atoms with Gasteiger partial charge in [-0.25, -0.2) is 0 Å². The fraction of sp³-hybridized carbons (Fsp3) is 0.0492. The lowest BCUT2D eigenvalue weighted by molar-refractivity contribution is 0.488. The van der Waals surface area contributed by atoms with Crippen molar-refractivity contribution in [2.75, 3.05) is 4.90 Å². The number of hydrogen-bond acceptors (Lipinski definition) is 3. The van der Waals surface area contributed by atoms with E-state index in [9.17, 15) is 0 Å². The maximum atomic E-state index is 7.04. The van der Waals surface area contributed by atoms with Crippen molar-refractivity contribution < 1.29 is 9.15 Å². The molecule has 0 bridgehead atoms. The van der Waals surface area contributed by atoms with Crippen LogP contribution >= 0.6 is 0 Å². The maximum absolute atomic E-state index is 7.04. The van der Waals surface area contributed by atoms with Crippen molar-refractivity contribution in [3.63, 3.8) is 0 Å². The van der Waals surface area contributed by atoms with Crippen LogP contribution in [-0.4, -0.2) is 0 Å². The Morgan fingerprint density at radius 1 is 0.359 bits per heavy atom. The quantitative estimate of drug-likeness (QED) is 0.173. The van der Waals surface area contributed by atoms with Crippen molar-refractivity contribution >= 4 is 49.8 Å². The minimum atomic E-state index is -0.158. The van der Waals surface area contributed by atoms with Crippen LogP contribution in [0.15, 0.2) is 217 Å². The van der Waals surface area contributed by atoms with Crippen molar-refractivity contribution in [1.29, 1.82) is 0 Å². The Morgan fingerprint density at radius 2 is 0.984 bits per heavy atom. The number of anilines is 3. The number of para-hydroxylation sites is 2. The van der Waals surface area contributed by atoms with Gasteiger partial charge in [0, 0.05) is 49.9 Å². The van der Waals surface area contributed by atoms with Gasteiger partial charge in [-0.1, -0.05) is 153 Å². The topological polar surface area (TPSA) is 25.6 Å². The zero-order chi connectivity index (χ0) is 42.5. The Labute approximate surface area is 372 Å². The van der Waals surface area contributed by atoms with Gasteiger partial charge >= 0.3 is 0 Å². The Bertz CT molecular complexity index is 3670. The lowest BCUT2D eigenvalue weighted by Crippen LogP contribution is -2.16. The lowest BCUT2D eigenvalue weighted by Gasteiger charge is -2.29. The number of furan rings is 1. The molecule has 0 amide bonds. The molecule has 13 rings (SSSR count). The highest BCUT2D eigenvalue weighted by atomic mass is 16.5. The van der Waals surface area contributed by atoms with Crippen LogP contribution in [0.3, 0.4) is 0 Å². The second-order valence-electron chi connectivity index (χ2n) is 17.7. The second-order valence-corrected chi connectivity index (χ2v) is 17.7. The lowest BCUT2D eigenvalue weighted by atomic mass is 9.82. The molecule has 1 aliphatic carbocycles. The first-order valence-electron chi connectivity index (χ1n) is 22.1. The predicted octanol–water partition coefficient (Wildman–Crippen LogP) is 17.3. The third-order valence-corrected chi connectivity index (χ3v) is 13.7. The molecule has 0 unspecified atom stereocenters. The highest BCUT2D eigenvalue weighted by Crippen LogP contribution is 2.53. The van der Waals surface area contributed by atoms with Crippen LogP contribution in [-0.2, 0) is 5.41 Å². The largest absolute Gasteiger partial charge is 0.456 e. The van der Waals surface area contributed by atoms with Crippen LogP contribution in [0.25, 0.3) is 88.3 Å². The molecule has 302 valence electrons. The van der Waals surface area contributed by atoms with Crippen molar-refractivity contribution in [2.24, 2.45) is 0 Å². The molecule has 10 aromatic carbocycles. The van der Waals surface area contributed by atoms with E-state index in [-0.39, 0.29) is 5.41 Å². The minimum absolute atomic E-state index is 0.158. The van der Waals surface area contributed by atoms with Gasteiger partial charge in [0.1, 0.15) is 22.7 Å². The number of hydrogen-bond donors (Lipinski definition) is 0. The first-order chi connectivity index (χ1) is 31.5. The number of nitrogens with zero attached hydrogens (tertiary/aromatic N) is 1. The van der Waals surface area contributed by atoms with Crippen LogP contribution in [0, 0.1) is 0 Å². The molecule has 0 radical (unpaired) electrons. The predicted molar refractivity (Wildman–Crippen MR) is 265 cm³/mol. The monoisotopic (exact) mass is 819 g/mol. The molecule has 0 N–H and O–H groups in total. The molecule has 1 aliphatic heterocycles. The van der Waals surface area contributed by atoms with Gasteiger partial charge in [-0.3, -0.25) is 0 Å². The standard InChI is InChI=1S/C61H41NO2/c1-61(2)55-21-10-8-17-47(55)48-31-28-45(37-56(48)61)62(43-26-23-39(24-27-43)46-19-12-20-51-49-18-9-11-22-57(49)64-60(46)51)44-29-32-58-54(36-44)53-34-41-16-7-6-15-40(41)33-52(53)50-30-25-42(35-59(50)63-58)38-13-4-3-5-14-38/h3-37H,1-2H3. The zero-order valence-corrected chi connectivity index (χ0v) is 35.5. The van der Waals surface area contributed by atoms with Crippen LogP contribution in [0.1, 0.15) is 25.0 Å². The highest BCUT2D eigenvalue weighted by molar-refractivity contribution is 6.09. The summed E-state index contributed by atoms with van der Waals surface area (Å²) in [7, 11) is 0. The molecule has 2 aliphatic rings. The number of rotatable bonds is 5. The van der Waals surface area contributed by atoms with Crippen molar-refractivity contribution in [3.8, 4) is 67.1 Å². The summed E-state index contributed by atoms with van der Waals surface area (Å²) >= 11 is 0. The van der Waals surface area contributed by atoms with Crippen LogP contribution in [0.2, 0.25) is 0 Å². The number of benzene rings is 10. The first kappa shape index (κ1) is 36.5. The molecule has 2 heterocycles. The Hall–Kier alpha value is -8.14. The Morgan fingerprint density at radius 3 is 1.83 bits per heavy atom. The third kappa shape index (κ3) is 5.60. The second kappa shape index (κ2) is 13.9. The zero-order valence-electron chi connectivity index (χ0n) is 35.5. The molecule has 0 atom stereocenters. The summed E-state index contributed by atoms with van der Waals surface area (Å²) in [6, 6.07) is 76.7. The van der Waals surface area contributed by atoms with E-state index < -0.39 is 0 Å². The average molecular weight is 820 g/mol. The smallest absolute Gasteiger partial charge is 0.143 e. The summed E-state index contributed by atoms with van der Waals surface area (Å²) in [5.41, 5.74) is 19.0. The molecule has 0 saturated carbocycles. The van der Waals surface area contributed by atoms with Gasteiger partial charge in [0.15, 0.2) is 0 Å². The van der Waals surface area contributed by atoms with Gasteiger partial charge < -0.3 is 14.1 Å². The molecule has 0 fully saturated rings. The summed E-state index contributed by atoms with van der Waals surface area (Å²) < 4.78 is 13.5. The Balaban J connectivity index is 0.995. The van der Waals surface area contributed by atoms with E-state index in [1.54, 1.807) is 0 Å². The number of fused-ring (bicyclic) bond motifs is 12. The Kier molecular flexibility index (Phi) is 7.95. The van der Waals surface area contributed by atoms with E-state index in [2.05, 4.69) is 219 Å². The van der Waals surface area contributed by atoms with E-state index in [4.69, 9.17) is 9.15 Å². The normalized spacial score (nSPS) is 13.1. The summed E-state index contributed by atoms with van der Waals surface area (Å²) in [6.45, 7) is 4.70. The van der Waals surface area contributed by atoms with Gasteiger partial charge in [0.25, 0.3) is 0 Å². The summed E-state index contributed by atoms with van der Waals surface area (Å²) in [6.07, 6.45) is 0. The molecule has 0 saturated heterocycles. The third-order valence-electron chi connectivity index (χ3n) is 13.7. The fourth-order valence-corrected chi connectivity index (χ4v) is 10.4. The highest BCUT2D eigenvalue weighted by Gasteiger charge is 2.36. The van der Waals surface area contributed by atoms with Crippen molar-refractivity contribution in [3.05, 3.63) is 223 Å². The minimum Gasteiger partial charge on any atom is -0.456 e. The van der Waals surface area contributed by atoms with E-state index in [1.165, 1.54) is 33.0 Å². The van der Waals surface area contributed by atoms with Crippen molar-refractivity contribution in [1.82, 2.24) is 0 Å². The molecule has 3 heteroatoms. The van der Waals surface area contributed by atoms with Gasteiger partial charge in [-0.2, -0.15) is 0 Å². The summed E-state index contributed by atoms with van der Waals surface area (Å²) in [5.74, 6) is 1.67. The van der Waals surface area contributed by atoms with Crippen LogP contribution in [0.5, 0.6) is 11.5 Å². The SMILES string of the molecule is CC1(C)c2ccccc2-c2ccc(N(c3ccc(-c4cccc5c4oc4ccccc45)cc3)c3ccc4c(c3)-c3cc5ccccc5cc3-c3ccc(-c5ccccc5)cc3O4)cc21. The van der Waals surface area contributed by atoms with Gasteiger partial charge in [-0.05, 0) is 134 Å². The van der Waals surface area contributed by atoms with E-state index in [0.717, 1.165) is 95.0 Å². The van der Waals surface area contributed by atoms with Crippen LogP contribution < -0.4 is 9.64 Å². The molecule has 0 spiro atoms. The van der Waals surface area contributed by atoms with Crippen molar-refractivity contribution in [2.45, 2.75) is 19.3 Å². The number of ether oxygens (including phenoxy) is 1. The van der Waals surface area contributed by atoms with Gasteiger partial charge in [-0.15, -0.1) is 0 Å². The summed E-state index contributed by atoms with van der Waals surface area (Å²) in [5, 5.41) is 4.64. The van der Waals surface area contributed by atoms with E-state index in [0.29, 0.717) is 0 Å². The van der Waals surface area contributed by atoms with E-state index >= 15 is 0 Å². The molecular weight excluding hydrogens is 779 g/mol. The van der Waals surface area contributed by atoms with Crippen LogP contribution in [0.4, 0.5) is 17.1 Å². The van der Waals surface area contributed by atoms with Gasteiger partial charge in [0.2, 0.25) is 0 Å². The van der Waals surface area contributed by atoms with Gasteiger partial charge in [0.05, 0.1) is 0 Å². The first-order valence-corrected chi connectivity index (χ1v) is 22.1.